The molecule has 5 heteroatoms. The molecule has 1 aromatic heterocycles. The number of hydrogen-bond donors (Lipinski definition) is 0. The van der Waals surface area contributed by atoms with Crippen molar-refractivity contribution in [2.24, 2.45) is 0 Å². The molecule has 0 radical (unpaired) electrons. The van der Waals surface area contributed by atoms with Gasteiger partial charge in [-0.1, -0.05) is 34.1 Å². The zero-order chi connectivity index (χ0) is 16.2. The molecule has 1 aliphatic carbocycles. The van der Waals surface area contributed by atoms with Gasteiger partial charge in [-0.05, 0) is 43.4 Å². The van der Waals surface area contributed by atoms with Crippen LogP contribution in [-0.2, 0) is 24.1 Å². The van der Waals surface area contributed by atoms with E-state index < -0.39 is 0 Å². The third-order valence-corrected chi connectivity index (χ3v) is 5.66. The molecule has 0 fully saturated rings. The topological polar surface area (TPSA) is 33.2 Å². The maximum atomic E-state index is 12.7. The second kappa shape index (κ2) is 7.41. The number of thiazole rings is 1. The lowest BCUT2D eigenvalue weighted by Crippen LogP contribution is -2.32. The van der Waals surface area contributed by atoms with E-state index in [9.17, 15) is 4.79 Å². The highest BCUT2D eigenvalue weighted by Gasteiger charge is 2.22. The summed E-state index contributed by atoms with van der Waals surface area (Å²) in [6.07, 6.45) is 6.70. The molecule has 1 aliphatic rings. The van der Waals surface area contributed by atoms with Crippen molar-refractivity contribution in [3.8, 4) is 0 Å². The summed E-state index contributed by atoms with van der Waals surface area (Å²) in [7, 11) is 0. The van der Waals surface area contributed by atoms with Crippen molar-refractivity contribution >= 4 is 38.3 Å². The molecular formula is C18H19BrN2OS. The lowest BCUT2D eigenvalue weighted by atomic mass is 10.0. The Labute approximate surface area is 149 Å². The van der Waals surface area contributed by atoms with Gasteiger partial charge in [-0.3, -0.25) is 9.69 Å². The Bertz CT molecular complexity index is 685. The largest absolute Gasteiger partial charge is 0.284 e. The van der Waals surface area contributed by atoms with Crippen LogP contribution in [0.25, 0.3) is 0 Å². The van der Waals surface area contributed by atoms with E-state index in [1.54, 1.807) is 22.3 Å². The van der Waals surface area contributed by atoms with Gasteiger partial charge in [0.05, 0.1) is 12.1 Å². The van der Waals surface area contributed by atoms with Crippen LogP contribution < -0.4 is 4.90 Å². The fourth-order valence-corrected chi connectivity index (χ4v) is 4.18. The van der Waals surface area contributed by atoms with Gasteiger partial charge in [0.2, 0.25) is 5.91 Å². The number of benzene rings is 1. The predicted molar refractivity (Wildman–Crippen MR) is 99.2 cm³/mol. The summed E-state index contributed by atoms with van der Waals surface area (Å²) < 4.78 is 1.02. The van der Waals surface area contributed by atoms with Crippen molar-refractivity contribution in [3.63, 3.8) is 0 Å². The number of fused-ring (bicyclic) bond motifs is 1. The lowest BCUT2D eigenvalue weighted by Gasteiger charge is -2.18. The van der Waals surface area contributed by atoms with E-state index in [4.69, 9.17) is 4.98 Å². The number of amides is 1. The van der Waals surface area contributed by atoms with Crippen molar-refractivity contribution in [1.82, 2.24) is 4.98 Å². The molecule has 3 rings (SSSR count). The van der Waals surface area contributed by atoms with E-state index in [-0.39, 0.29) is 5.91 Å². The van der Waals surface area contributed by atoms with E-state index in [1.165, 1.54) is 23.4 Å². The van der Waals surface area contributed by atoms with E-state index in [2.05, 4.69) is 22.5 Å². The maximum Gasteiger partial charge on any atom is 0.233 e. The van der Waals surface area contributed by atoms with Crippen LogP contribution in [0.4, 0.5) is 5.13 Å². The van der Waals surface area contributed by atoms with Crippen LogP contribution >= 0.6 is 27.3 Å². The summed E-state index contributed by atoms with van der Waals surface area (Å²) in [5.74, 6) is 0.0679. The third-order valence-electron chi connectivity index (χ3n) is 3.95. The quantitative estimate of drug-likeness (QED) is 0.701. The number of rotatable bonds is 5. The Morgan fingerprint density at radius 2 is 2.04 bits per heavy atom. The fourth-order valence-electron chi connectivity index (χ4n) is 2.74. The number of carbonyl (C=O) groups is 1. The molecule has 0 N–H and O–H groups in total. The second-order valence-corrected chi connectivity index (χ2v) is 7.65. The molecule has 2 aromatic rings. The highest BCUT2D eigenvalue weighted by molar-refractivity contribution is 9.10. The molecule has 23 heavy (non-hydrogen) atoms. The van der Waals surface area contributed by atoms with Crippen LogP contribution in [-0.4, -0.2) is 17.4 Å². The molecule has 3 nitrogen and oxygen atoms in total. The van der Waals surface area contributed by atoms with Crippen LogP contribution in [0, 0.1) is 0 Å². The minimum Gasteiger partial charge on any atom is -0.284 e. The monoisotopic (exact) mass is 390 g/mol. The number of anilines is 1. The Balaban J connectivity index is 1.80. The maximum absolute atomic E-state index is 12.7. The number of aromatic nitrogens is 1. The van der Waals surface area contributed by atoms with Gasteiger partial charge in [-0.2, -0.15) is 0 Å². The highest BCUT2D eigenvalue weighted by Crippen LogP contribution is 2.32. The van der Waals surface area contributed by atoms with Gasteiger partial charge in [0.25, 0.3) is 0 Å². The van der Waals surface area contributed by atoms with Crippen LogP contribution in [0.5, 0.6) is 0 Å². The molecule has 0 spiro atoms. The summed E-state index contributed by atoms with van der Waals surface area (Å²) in [6, 6.07) is 7.87. The van der Waals surface area contributed by atoms with Crippen LogP contribution in [0.3, 0.4) is 0 Å². The van der Waals surface area contributed by atoms with Gasteiger partial charge in [-0.15, -0.1) is 17.9 Å². The number of hydrogen-bond acceptors (Lipinski definition) is 3. The molecule has 0 saturated carbocycles. The van der Waals surface area contributed by atoms with E-state index in [0.29, 0.717) is 13.0 Å². The molecule has 1 aromatic carbocycles. The molecule has 0 unspecified atom stereocenters. The molecule has 0 saturated heterocycles. The second-order valence-electron chi connectivity index (χ2n) is 5.67. The summed E-state index contributed by atoms with van der Waals surface area (Å²) in [5, 5.41) is 0.818. The molecule has 0 bridgehead atoms. The Morgan fingerprint density at radius 3 is 2.74 bits per heavy atom. The smallest absolute Gasteiger partial charge is 0.233 e. The van der Waals surface area contributed by atoms with Crippen molar-refractivity contribution in [2.45, 2.75) is 32.1 Å². The molecule has 1 amide bonds. The van der Waals surface area contributed by atoms with Crippen molar-refractivity contribution in [1.29, 1.82) is 0 Å². The molecular weight excluding hydrogens is 372 g/mol. The average Bonchev–Trinajstić information content (AvgIpc) is 2.98. The van der Waals surface area contributed by atoms with Gasteiger partial charge in [-0.25, -0.2) is 4.98 Å². The van der Waals surface area contributed by atoms with Crippen LogP contribution in [0.2, 0.25) is 0 Å². The van der Waals surface area contributed by atoms with E-state index in [0.717, 1.165) is 28.0 Å². The number of halogens is 1. The summed E-state index contributed by atoms with van der Waals surface area (Å²) in [5.41, 5.74) is 2.19. The van der Waals surface area contributed by atoms with Crippen molar-refractivity contribution in [2.75, 3.05) is 11.4 Å². The normalized spacial score (nSPS) is 13.4. The zero-order valence-electron chi connectivity index (χ0n) is 12.9. The van der Waals surface area contributed by atoms with Crippen LogP contribution in [0.15, 0.2) is 41.4 Å². The van der Waals surface area contributed by atoms with Crippen molar-refractivity contribution in [3.05, 3.63) is 57.5 Å². The molecule has 0 atom stereocenters. The first-order chi connectivity index (χ1) is 11.2. The number of carbonyl (C=O) groups excluding carboxylic acids is 1. The summed E-state index contributed by atoms with van der Waals surface area (Å²) in [4.78, 5) is 20.6. The standard InChI is InChI=1S/C18H19BrN2OS/c1-2-11-21(17(22)12-13-7-9-14(19)10-8-13)18-20-15-5-3-4-6-16(15)23-18/h2,7-10H,1,3-6,11-12H2. The third kappa shape index (κ3) is 3.90. The summed E-state index contributed by atoms with van der Waals surface area (Å²) >= 11 is 5.08. The molecule has 1 heterocycles. The zero-order valence-corrected chi connectivity index (χ0v) is 15.3. The first-order valence-electron chi connectivity index (χ1n) is 7.81. The van der Waals surface area contributed by atoms with Crippen LogP contribution in [0.1, 0.15) is 29.0 Å². The van der Waals surface area contributed by atoms with E-state index >= 15 is 0 Å². The SMILES string of the molecule is C=CCN(C(=O)Cc1ccc(Br)cc1)c1nc2c(s1)CCCC2. The van der Waals surface area contributed by atoms with E-state index in [1.807, 2.05) is 24.3 Å². The number of nitrogens with zero attached hydrogens (tertiary/aromatic N) is 2. The highest BCUT2D eigenvalue weighted by atomic mass is 79.9. The minimum absolute atomic E-state index is 0.0679. The molecule has 120 valence electrons. The summed E-state index contributed by atoms with van der Waals surface area (Å²) in [6.45, 7) is 4.29. The minimum atomic E-state index is 0.0679. The molecule has 0 aliphatic heterocycles. The lowest BCUT2D eigenvalue weighted by molar-refractivity contribution is -0.117. The van der Waals surface area contributed by atoms with Gasteiger partial charge in [0, 0.05) is 15.9 Å². The van der Waals surface area contributed by atoms with Crippen molar-refractivity contribution < 1.29 is 4.79 Å². The van der Waals surface area contributed by atoms with Gasteiger partial charge < -0.3 is 0 Å². The number of aryl methyl sites for hydroxylation is 2. The first-order valence-corrected chi connectivity index (χ1v) is 9.42. The van der Waals surface area contributed by atoms with Gasteiger partial charge >= 0.3 is 0 Å². The Kier molecular flexibility index (Phi) is 5.28. The Morgan fingerprint density at radius 1 is 1.30 bits per heavy atom. The van der Waals surface area contributed by atoms with Gasteiger partial charge in [0.1, 0.15) is 0 Å². The van der Waals surface area contributed by atoms with Gasteiger partial charge in [0.15, 0.2) is 5.13 Å². The average molecular weight is 391 g/mol. The Hall–Kier alpha value is -1.46. The first kappa shape index (κ1) is 16.4. The predicted octanol–water partition coefficient (Wildman–Crippen LogP) is 4.55. The fraction of sp³-hybridized carbons (Fsp3) is 0.333.